The molecule has 0 unspecified atom stereocenters. The third-order valence-corrected chi connectivity index (χ3v) is 5.01. The molecule has 4 nitrogen and oxygen atoms in total. The second kappa shape index (κ2) is 7.86. The SMILES string of the molecule is Fc1ccc(F)c2c(NCc3ccc(N4CCCCCC4)nc3)ccnc12. The molecule has 1 aromatic carbocycles. The molecule has 1 aliphatic rings. The lowest BCUT2D eigenvalue weighted by atomic mass is 10.1. The van der Waals surface area contributed by atoms with Crippen molar-refractivity contribution in [3.63, 3.8) is 0 Å². The summed E-state index contributed by atoms with van der Waals surface area (Å²) in [7, 11) is 0. The van der Waals surface area contributed by atoms with Crippen LogP contribution in [-0.2, 0) is 6.54 Å². The topological polar surface area (TPSA) is 41.0 Å². The Kier molecular flexibility index (Phi) is 5.14. The molecular weight excluding hydrogens is 346 g/mol. The zero-order valence-electron chi connectivity index (χ0n) is 15.1. The Balaban J connectivity index is 1.49. The molecule has 6 heteroatoms. The Morgan fingerprint density at radius 2 is 1.67 bits per heavy atom. The summed E-state index contributed by atoms with van der Waals surface area (Å²) >= 11 is 0. The lowest BCUT2D eigenvalue weighted by molar-refractivity contribution is 0.615. The van der Waals surface area contributed by atoms with Crippen LogP contribution in [0.5, 0.6) is 0 Å². The standard InChI is InChI=1S/C21H22F2N4/c22-16-6-7-17(23)21-20(16)18(9-10-24-21)25-13-15-5-8-19(26-14-15)27-11-3-1-2-4-12-27/h5-10,14H,1-4,11-13H2,(H,24,25). The van der Waals surface area contributed by atoms with Crippen molar-refractivity contribution in [3.05, 3.63) is 59.9 Å². The number of hydrogen-bond acceptors (Lipinski definition) is 4. The van der Waals surface area contributed by atoms with Gasteiger partial charge in [-0.05, 0) is 42.7 Å². The van der Waals surface area contributed by atoms with E-state index in [1.165, 1.54) is 31.9 Å². The van der Waals surface area contributed by atoms with Crippen LogP contribution in [0, 0.1) is 11.6 Å². The average Bonchev–Trinajstić information content (AvgIpc) is 2.99. The van der Waals surface area contributed by atoms with Crippen LogP contribution in [0.2, 0.25) is 0 Å². The number of aromatic nitrogens is 2. The van der Waals surface area contributed by atoms with Gasteiger partial charge >= 0.3 is 0 Å². The molecule has 0 saturated carbocycles. The fourth-order valence-electron chi connectivity index (χ4n) is 3.55. The molecule has 140 valence electrons. The van der Waals surface area contributed by atoms with E-state index >= 15 is 0 Å². The molecule has 4 rings (SSSR count). The van der Waals surface area contributed by atoms with E-state index in [4.69, 9.17) is 0 Å². The predicted molar refractivity (Wildman–Crippen MR) is 104 cm³/mol. The molecule has 3 aromatic rings. The van der Waals surface area contributed by atoms with Crippen molar-refractivity contribution in [1.29, 1.82) is 0 Å². The van der Waals surface area contributed by atoms with Crippen molar-refractivity contribution < 1.29 is 8.78 Å². The average molecular weight is 368 g/mol. The first-order valence-corrected chi connectivity index (χ1v) is 9.39. The largest absolute Gasteiger partial charge is 0.380 e. The number of rotatable bonds is 4. The van der Waals surface area contributed by atoms with Gasteiger partial charge in [0.15, 0.2) is 0 Å². The number of nitrogens with zero attached hydrogens (tertiary/aromatic N) is 3. The van der Waals surface area contributed by atoms with Gasteiger partial charge in [0.25, 0.3) is 0 Å². The van der Waals surface area contributed by atoms with Crippen molar-refractivity contribution in [1.82, 2.24) is 9.97 Å². The van der Waals surface area contributed by atoms with E-state index in [2.05, 4.69) is 20.2 Å². The van der Waals surface area contributed by atoms with Gasteiger partial charge in [0.05, 0.1) is 5.39 Å². The van der Waals surface area contributed by atoms with E-state index in [0.29, 0.717) is 12.2 Å². The summed E-state index contributed by atoms with van der Waals surface area (Å²) in [6.07, 6.45) is 8.32. The van der Waals surface area contributed by atoms with Gasteiger partial charge < -0.3 is 10.2 Å². The van der Waals surface area contributed by atoms with Crippen LogP contribution < -0.4 is 10.2 Å². The Bertz CT molecular complexity index is 919. The van der Waals surface area contributed by atoms with E-state index in [9.17, 15) is 8.78 Å². The third-order valence-electron chi connectivity index (χ3n) is 5.01. The highest BCUT2D eigenvalue weighted by Gasteiger charge is 2.13. The minimum absolute atomic E-state index is 0.0367. The van der Waals surface area contributed by atoms with Crippen LogP contribution >= 0.6 is 0 Å². The molecule has 0 amide bonds. The van der Waals surface area contributed by atoms with E-state index in [1.807, 2.05) is 18.3 Å². The Morgan fingerprint density at radius 3 is 2.41 bits per heavy atom. The molecule has 1 aliphatic heterocycles. The highest BCUT2D eigenvalue weighted by atomic mass is 19.1. The van der Waals surface area contributed by atoms with Gasteiger partial charge in [-0.1, -0.05) is 18.9 Å². The van der Waals surface area contributed by atoms with E-state index in [1.54, 1.807) is 6.07 Å². The van der Waals surface area contributed by atoms with Crippen molar-refractivity contribution >= 4 is 22.4 Å². The first kappa shape index (κ1) is 17.6. The van der Waals surface area contributed by atoms with Crippen LogP contribution in [0.3, 0.4) is 0 Å². The highest BCUT2D eigenvalue weighted by Crippen LogP contribution is 2.27. The smallest absolute Gasteiger partial charge is 0.149 e. The van der Waals surface area contributed by atoms with Crippen molar-refractivity contribution in [2.75, 3.05) is 23.3 Å². The molecule has 1 saturated heterocycles. The number of hydrogen-bond donors (Lipinski definition) is 1. The number of nitrogens with one attached hydrogen (secondary N) is 1. The summed E-state index contributed by atoms with van der Waals surface area (Å²) in [6, 6.07) is 7.94. The lowest BCUT2D eigenvalue weighted by Crippen LogP contribution is -2.24. The van der Waals surface area contributed by atoms with Crippen molar-refractivity contribution in [3.8, 4) is 0 Å². The number of anilines is 2. The van der Waals surface area contributed by atoms with Gasteiger partial charge in [-0.2, -0.15) is 0 Å². The quantitative estimate of drug-likeness (QED) is 0.711. The van der Waals surface area contributed by atoms with Crippen LogP contribution in [0.1, 0.15) is 31.2 Å². The van der Waals surface area contributed by atoms with Crippen molar-refractivity contribution in [2.45, 2.75) is 32.2 Å². The summed E-state index contributed by atoms with van der Waals surface area (Å²) in [5, 5.41) is 3.35. The van der Waals surface area contributed by atoms with Gasteiger partial charge in [0.2, 0.25) is 0 Å². The second-order valence-corrected chi connectivity index (χ2v) is 6.89. The fraction of sp³-hybridized carbons (Fsp3) is 0.333. The molecule has 0 bridgehead atoms. The molecule has 27 heavy (non-hydrogen) atoms. The minimum Gasteiger partial charge on any atom is -0.380 e. The fourth-order valence-corrected chi connectivity index (χ4v) is 3.55. The van der Waals surface area contributed by atoms with Gasteiger partial charge in [-0.25, -0.2) is 13.8 Å². The number of pyridine rings is 2. The zero-order chi connectivity index (χ0) is 18.6. The molecule has 1 N–H and O–H groups in total. The first-order chi connectivity index (χ1) is 13.2. The van der Waals surface area contributed by atoms with Gasteiger partial charge in [0, 0.05) is 37.7 Å². The normalized spacial score (nSPS) is 15.0. The maximum Gasteiger partial charge on any atom is 0.149 e. The van der Waals surface area contributed by atoms with Crippen LogP contribution in [0.4, 0.5) is 20.3 Å². The predicted octanol–water partition coefficient (Wildman–Crippen LogP) is 4.90. The Labute approximate surface area is 157 Å². The molecule has 0 spiro atoms. The van der Waals surface area contributed by atoms with Gasteiger partial charge in [-0.15, -0.1) is 0 Å². The molecule has 0 atom stereocenters. The minimum atomic E-state index is -0.529. The Morgan fingerprint density at radius 1 is 0.889 bits per heavy atom. The summed E-state index contributed by atoms with van der Waals surface area (Å²) < 4.78 is 28.1. The molecule has 0 aliphatic carbocycles. The van der Waals surface area contributed by atoms with Crippen LogP contribution in [-0.4, -0.2) is 23.1 Å². The highest BCUT2D eigenvalue weighted by molar-refractivity contribution is 5.91. The van der Waals surface area contributed by atoms with E-state index in [0.717, 1.165) is 36.6 Å². The van der Waals surface area contributed by atoms with Crippen LogP contribution in [0.25, 0.3) is 10.9 Å². The van der Waals surface area contributed by atoms with Gasteiger partial charge in [-0.3, -0.25) is 4.98 Å². The third kappa shape index (κ3) is 3.84. The lowest BCUT2D eigenvalue weighted by Gasteiger charge is -2.21. The van der Waals surface area contributed by atoms with Gasteiger partial charge in [0.1, 0.15) is 23.0 Å². The molecule has 1 fully saturated rings. The summed E-state index contributed by atoms with van der Waals surface area (Å²) in [4.78, 5) is 10.9. The maximum absolute atomic E-state index is 14.2. The summed E-state index contributed by atoms with van der Waals surface area (Å²) in [5.41, 5.74) is 1.54. The monoisotopic (exact) mass is 368 g/mol. The first-order valence-electron chi connectivity index (χ1n) is 9.39. The number of fused-ring (bicyclic) bond motifs is 1. The summed E-state index contributed by atoms with van der Waals surface area (Å²) in [5.74, 6) is -0.0155. The maximum atomic E-state index is 14.2. The van der Waals surface area contributed by atoms with Crippen LogP contribution in [0.15, 0.2) is 42.7 Å². The number of halogens is 2. The molecule has 0 radical (unpaired) electrons. The molecule has 2 aromatic heterocycles. The molecular formula is C21H22F2N4. The van der Waals surface area contributed by atoms with Crippen molar-refractivity contribution in [2.24, 2.45) is 0 Å². The second-order valence-electron chi connectivity index (χ2n) is 6.89. The van der Waals surface area contributed by atoms with E-state index < -0.39 is 11.6 Å². The molecule has 3 heterocycles. The Hall–Kier alpha value is -2.76. The number of benzene rings is 1. The zero-order valence-corrected chi connectivity index (χ0v) is 15.1. The summed E-state index contributed by atoms with van der Waals surface area (Å²) in [6.45, 7) is 2.58. The van der Waals surface area contributed by atoms with E-state index in [-0.39, 0.29) is 10.9 Å².